The van der Waals surface area contributed by atoms with E-state index in [1.54, 1.807) is 36.4 Å². The Hall–Kier alpha value is -3.08. The Morgan fingerprint density at radius 2 is 1.86 bits per heavy atom. The average Bonchev–Trinajstić information content (AvgIpc) is 2.74. The largest absolute Gasteiger partial charge is 0.478 e. The summed E-state index contributed by atoms with van der Waals surface area (Å²) < 4.78 is 6.29. The summed E-state index contributed by atoms with van der Waals surface area (Å²) in [5, 5.41) is 13.3. The fourth-order valence-electron chi connectivity index (χ4n) is 4.25. The lowest BCUT2D eigenvalue weighted by molar-refractivity contribution is 0.0698. The highest BCUT2D eigenvalue weighted by molar-refractivity contribution is 5.94. The summed E-state index contributed by atoms with van der Waals surface area (Å²) in [7, 11) is 0. The van der Waals surface area contributed by atoms with Crippen molar-refractivity contribution < 1.29 is 14.3 Å². The van der Waals surface area contributed by atoms with Crippen molar-refractivity contribution in [2.75, 3.05) is 5.32 Å². The molecule has 1 heterocycles. The molecule has 0 spiro atoms. The molecular formula is C24H25NO4. The first kappa shape index (κ1) is 19.2. The van der Waals surface area contributed by atoms with E-state index in [0.717, 1.165) is 37.0 Å². The number of hydrogen-bond donors (Lipinski definition) is 2. The van der Waals surface area contributed by atoms with Crippen LogP contribution in [0.2, 0.25) is 0 Å². The normalized spacial score (nSPS) is 15.9. The van der Waals surface area contributed by atoms with Gasteiger partial charge in [-0.05, 0) is 38.0 Å². The van der Waals surface area contributed by atoms with Gasteiger partial charge in [0.05, 0.1) is 17.0 Å². The van der Waals surface area contributed by atoms with Crippen LogP contribution >= 0.6 is 0 Å². The van der Waals surface area contributed by atoms with Gasteiger partial charge in [-0.1, -0.05) is 43.5 Å². The fourth-order valence-corrected chi connectivity index (χ4v) is 4.25. The summed E-state index contributed by atoms with van der Waals surface area (Å²) in [6.07, 6.45) is 5.67. The Balaban J connectivity index is 1.74. The van der Waals surface area contributed by atoms with Crippen LogP contribution in [0.5, 0.6) is 0 Å². The number of anilines is 1. The molecular weight excluding hydrogens is 366 g/mol. The minimum Gasteiger partial charge on any atom is -0.478 e. The van der Waals surface area contributed by atoms with Crippen LogP contribution in [0, 0.1) is 0 Å². The number of carboxylic acid groups (broad SMARTS) is 1. The number of rotatable bonds is 5. The standard InChI is InChI=1S/C24H25NO4/c1-15(25-20-13-6-5-10-18(20)24(27)28)17-11-7-12-19-21(26)14-22(29-23(17)19)16-8-3-2-4-9-16/h5-7,10-16,25H,2-4,8-9H2,1H3,(H,27,28)/t15-/m1/s1. The van der Waals surface area contributed by atoms with Crippen LogP contribution in [0.3, 0.4) is 0 Å². The van der Waals surface area contributed by atoms with E-state index in [9.17, 15) is 14.7 Å². The second-order valence-electron chi connectivity index (χ2n) is 7.79. The molecule has 4 rings (SSSR count). The zero-order valence-electron chi connectivity index (χ0n) is 16.5. The Morgan fingerprint density at radius 1 is 1.10 bits per heavy atom. The van der Waals surface area contributed by atoms with E-state index in [1.165, 1.54) is 6.42 Å². The lowest BCUT2D eigenvalue weighted by Gasteiger charge is -2.22. The maximum atomic E-state index is 12.8. The minimum atomic E-state index is -0.982. The van der Waals surface area contributed by atoms with Crippen molar-refractivity contribution >= 4 is 22.6 Å². The van der Waals surface area contributed by atoms with Gasteiger partial charge in [0.15, 0.2) is 5.43 Å². The number of para-hydroxylation sites is 2. The SMILES string of the molecule is C[C@@H](Nc1ccccc1C(=O)O)c1cccc2c(=O)cc(C3CCCCC3)oc12. The molecule has 1 fully saturated rings. The molecule has 29 heavy (non-hydrogen) atoms. The Bertz CT molecular complexity index is 1100. The molecule has 2 N–H and O–H groups in total. The number of benzene rings is 2. The molecule has 1 aromatic heterocycles. The maximum absolute atomic E-state index is 12.8. The van der Waals surface area contributed by atoms with Gasteiger partial charge in [-0.25, -0.2) is 4.79 Å². The van der Waals surface area contributed by atoms with Crippen LogP contribution in [0.15, 0.2) is 57.7 Å². The van der Waals surface area contributed by atoms with Gasteiger partial charge in [-0.15, -0.1) is 0 Å². The summed E-state index contributed by atoms with van der Waals surface area (Å²) >= 11 is 0. The summed E-state index contributed by atoms with van der Waals surface area (Å²) in [6, 6.07) is 13.8. The van der Waals surface area contributed by atoms with Crippen molar-refractivity contribution in [1.82, 2.24) is 0 Å². The van der Waals surface area contributed by atoms with Crippen LogP contribution < -0.4 is 10.7 Å². The van der Waals surface area contributed by atoms with Crippen molar-refractivity contribution in [1.29, 1.82) is 0 Å². The van der Waals surface area contributed by atoms with Crippen LogP contribution in [0.1, 0.15) is 72.7 Å². The van der Waals surface area contributed by atoms with Gasteiger partial charge in [-0.3, -0.25) is 4.79 Å². The van der Waals surface area contributed by atoms with E-state index in [1.807, 2.05) is 19.1 Å². The van der Waals surface area contributed by atoms with Gasteiger partial charge in [-0.2, -0.15) is 0 Å². The molecule has 2 aromatic carbocycles. The van der Waals surface area contributed by atoms with Crippen molar-refractivity contribution in [2.24, 2.45) is 0 Å². The lowest BCUT2D eigenvalue weighted by Crippen LogP contribution is -2.13. The molecule has 0 amide bonds. The van der Waals surface area contributed by atoms with Crippen molar-refractivity contribution in [3.8, 4) is 0 Å². The average molecular weight is 391 g/mol. The summed E-state index contributed by atoms with van der Waals surface area (Å²) in [4.78, 5) is 24.3. The number of aromatic carboxylic acids is 1. The van der Waals surface area contributed by atoms with E-state index >= 15 is 0 Å². The molecule has 1 aliphatic rings. The van der Waals surface area contributed by atoms with Crippen LogP contribution in [-0.2, 0) is 0 Å². The number of carbonyl (C=O) groups is 1. The topological polar surface area (TPSA) is 79.5 Å². The Morgan fingerprint density at radius 3 is 2.62 bits per heavy atom. The van der Waals surface area contributed by atoms with Gasteiger partial charge in [0, 0.05) is 23.2 Å². The summed E-state index contributed by atoms with van der Waals surface area (Å²) in [5.41, 5.74) is 2.16. The highest BCUT2D eigenvalue weighted by Gasteiger charge is 2.21. The van der Waals surface area contributed by atoms with Crippen LogP contribution in [0.4, 0.5) is 5.69 Å². The molecule has 3 aromatic rings. The predicted octanol–water partition coefficient (Wildman–Crippen LogP) is 5.71. The first-order valence-electron chi connectivity index (χ1n) is 10.2. The van der Waals surface area contributed by atoms with Gasteiger partial charge in [0.25, 0.3) is 0 Å². The number of nitrogens with one attached hydrogen (secondary N) is 1. The van der Waals surface area contributed by atoms with Crippen molar-refractivity contribution in [3.05, 3.63) is 75.6 Å². The zero-order chi connectivity index (χ0) is 20.4. The number of hydrogen-bond acceptors (Lipinski definition) is 4. The third-order valence-corrected chi connectivity index (χ3v) is 5.81. The molecule has 0 unspecified atom stereocenters. The van der Waals surface area contributed by atoms with Crippen LogP contribution in [-0.4, -0.2) is 11.1 Å². The van der Waals surface area contributed by atoms with Gasteiger partial charge >= 0.3 is 5.97 Å². The Kier molecular flexibility index (Phi) is 5.38. The summed E-state index contributed by atoms with van der Waals surface area (Å²) in [6.45, 7) is 1.95. The first-order chi connectivity index (χ1) is 14.0. The second-order valence-corrected chi connectivity index (χ2v) is 7.79. The molecule has 0 aliphatic heterocycles. The molecule has 0 saturated heterocycles. The second kappa shape index (κ2) is 8.11. The van der Waals surface area contributed by atoms with Crippen LogP contribution in [0.25, 0.3) is 11.0 Å². The summed E-state index contributed by atoms with van der Waals surface area (Å²) in [5.74, 6) is 0.0852. The van der Waals surface area contributed by atoms with E-state index in [2.05, 4.69) is 5.32 Å². The molecule has 0 bridgehead atoms. The molecule has 1 aliphatic carbocycles. The molecule has 5 heteroatoms. The molecule has 1 atom stereocenters. The Labute approximate surface area is 169 Å². The van der Waals surface area contributed by atoms with Crippen molar-refractivity contribution in [2.45, 2.75) is 51.0 Å². The van der Waals surface area contributed by atoms with Gasteiger partial charge in [0.1, 0.15) is 11.3 Å². The monoisotopic (exact) mass is 391 g/mol. The van der Waals surface area contributed by atoms with Gasteiger partial charge < -0.3 is 14.8 Å². The number of fused-ring (bicyclic) bond motifs is 1. The third-order valence-electron chi connectivity index (χ3n) is 5.81. The van der Waals surface area contributed by atoms with E-state index in [0.29, 0.717) is 22.6 Å². The predicted molar refractivity (Wildman–Crippen MR) is 114 cm³/mol. The van der Waals surface area contributed by atoms with Gasteiger partial charge in [0.2, 0.25) is 0 Å². The smallest absolute Gasteiger partial charge is 0.337 e. The quantitative estimate of drug-likeness (QED) is 0.582. The number of carboxylic acids is 1. The minimum absolute atomic E-state index is 0.0215. The molecule has 150 valence electrons. The lowest BCUT2D eigenvalue weighted by atomic mass is 9.87. The van der Waals surface area contributed by atoms with E-state index < -0.39 is 5.97 Å². The van der Waals surface area contributed by atoms with Crippen molar-refractivity contribution in [3.63, 3.8) is 0 Å². The highest BCUT2D eigenvalue weighted by Crippen LogP contribution is 2.35. The fraction of sp³-hybridized carbons (Fsp3) is 0.333. The first-order valence-corrected chi connectivity index (χ1v) is 10.2. The highest BCUT2D eigenvalue weighted by atomic mass is 16.4. The van der Waals surface area contributed by atoms with E-state index in [4.69, 9.17) is 4.42 Å². The molecule has 1 saturated carbocycles. The molecule has 5 nitrogen and oxygen atoms in total. The maximum Gasteiger partial charge on any atom is 0.337 e. The van der Waals surface area contributed by atoms with E-state index in [-0.39, 0.29) is 17.0 Å². The zero-order valence-corrected chi connectivity index (χ0v) is 16.5. The third kappa shape index (κ3) is 3.90. The molecule has 0 radical (unpaired) electrons.